The molecule has 0 aliphatic rings. The Morgan fingerprint density at radius 2 is 2.00 bits per heavy atom. The molecule has 6 heteroatoms. The van der Waals surface area contributed by atoms with E-state index in [1.807, 2.05) is 6.07 Å². The number of aromatic nitrogens is 2. The molecule has 2 rings (SSSR count). The fourth-order valence-electron chi connectivity index (χ4n) is 1.42. The third kappa shape index (κ3) is 2.89. The number of anilines is 1. The molecule has 0 saturated carbocycles. The maximum atomic E-state index is 5.64. The summed E-state index contributed by atoms with van der Waals surface area (Å²) in [6.45, 7) is 1.76. The van der Waals surface area contributed by atoms with Crippen molar-refractivity contribution >= 4 is 21.7 Å². The number of halogens is 1. The molecule has 0 saturated heterocycles. The number of benzene rings is 1. The number of nitrogen functional groups attached to an aromatic ring is 1. The summed E-state index contributed by atoms with van der Waals surface area (Å²) in [5.74, 6) is 2.73. The Balaban J connectivity index is 2.28. The van der Waals surface area contributed by atoms with Gasteiger partial charge in [0.15, 0.2) is 0 Å². The van der Waals surface area contributed by atoms with Crippen molar-refractivity contribution in [1.29, 1.82) is 0 Å². The van der Waals surface area contributed by atoms with Crippen LogP contribution in [0.5, 0.6) is 17.4 Å². The van der Waals surface area contributed by atoms with Crippen LogP contribution in [0.3, 0.4) is 0 Å². The van der Waals surface area contributed by atoms with Crippen molar-refractivity contribution in [3.05, 3.63) is 34.6 Å². The number of hydrogen-bond donors (Lipinski definition) is 1. The van der Waals surface area contributed by atoms with Crippen molar-refractivity contribution in [1.82, 2.24) is 9.97 Å². The predicted molar refractivity (Wildman–Crippen MR) is 71.9 cm³/mol. The summed E-state index contributed by atoms with van der Waals surface area (Å²) in [5.41, 5.74) is 5.63. The minimum absolute atomic E-state index is 0.377. The van der Waals surface area contributed by atoms with E-state index in [-0.39, 0.29) is 0 Å². The first-order valence-corrected chi connectivity index (χ1v) is 6.00. The summed E-state index contributed by atoms with van der Waals surface area (Å²) in [4.78, 5) is 8.13. The zero-order valence-electron chi connectivity index (χ0n) is 9.98. The molecule has 2 aromatic rings. The first-order valence-electron chi connectivity index (χ1n) is 5.21. The minimum atomic E-state index is 0.377. The highest BCUT2D eigenvalue weighted by Crippen LogP contribution is 2.32. The van der Waals surface area contributed by atoms with E-state index in [2.05, 4.69) is 25.9 Å². The Morgan fingerprint density at radius 1 is 1.22 bits per heavy atom. The number of aryl methyl sites for hydroxylation is 1. The maximum absolute atomic E-state index is 5.64. The molecule has 0 aliphatic carbocycles. The SMILES string of the molecule is COc1ccc(Oc2cc(N)nc(C)n2)c(Br)c1. The van der Waals surface area contributed by atoms with E-state index in [4.69, 9.17) is 15.2 Å². The van der Waals surface area contributed by atoms with Crippen LogP contribution in [0, 0.1) is 6.92 Å². The van der Waals surface area contributed by atoms with Crippen LogP contribution < -0.4 is 15.2 Å². The normalized spacial score (nSPS) is 10.2. The summed E-state index contributed by atoms with van der Waals surface area (Å²) in [7, 11) is 1.61. The van der Waals surface area contributed by atoms with Gasteiger partial charge in [0, 0.05) is 6.07 Å². The van der Waals surface area contributed by atoms with Crippen LogP contribution in [0.15, 0.2) is 28.7 Å². The highest BCUT2D eigenvalue weighted by molar-refractivity contribution is 9.10. The Morgan fingerprint density at radius 3 is 2.61 bits per heavy atom. The van der Waals surface area contributed by atoms with Crippen LogP contribution in [-0.2, 0) is 0 Å². The highest BCUT2D eigenvalue weighted by Gasteiger charge is 2.07. The fourth-order valence-corrected chi connectivity index (χ4v) is 1.86. The Bertz CT molecular complexity index is 555. The molecule has 0 fully saturated rings. The van der Waals surface area contributed by atoms with Crippen LogP contribution in [0.1, 0.15) is 5.82 Å². The number of methoxy groups -OCH3 is 1. The molecule has 1 aromatic heterocycles. The van der Waals surface area contributed by atoms with E-state index in [1.54, 1.807) is 32.2 Å². The number of rotatable bonds is 3. The van der Waals surface area contributed by atoms with Gasteiger partial charge in [0.25, 0.3) is 0 Å². The summed E-state index contributed by atoms with van der Waals surface area (Å²) in [6.07, 6.45) is 0. The highest BCUT2D eigenvalue weighted by atomic mass is 79.9. The molecule has 1 heterocycles. The topological polar surface area (TPSA) is 70.3 Å². The number of nitrogens with zero attached hydrogens (tertiary/aromatic N) is 2. The average molecular weight is 310 g/mol. The van der Waals surface area contributed by atoms with Gasteiger partial charge in [-0.05, 0) is 41.1 Å². The zero-order chi connectivity index (χ0) is 13.1. The second kappa shape index (κ2) is 5.22. The van der Waals surface area contributed by atoms with Crippen molar-refractivity contribution in [2.24, 2.45) is 0 Å². The van der Waals surface area contributed by atoms with Gasteiger partial charge in [-0.15, -0.1) is 0 Å². The second-order valence-electron chi connectivity index (χ2n) is 3.58. The minimum Gasteiger partial charge on any atom is -0.497 e. The van der Waals surface area contributed by atoms with Gasteiger partial charge >= 0.3 is 0 Å². The van der Waals surface area contributed by atoms with E-state index in [0.717, 1.165) is 10.2 Å². The van der Waals surface area contributed by atoms with Gasteiger partial charge in [0.05, 0.1) is 11.6 Å². The smallest absolute Gasteiger partial charge is 0.224 e. The largest absolute Gasteiger partial charge is 0.497 e. The predicted octanol–water partition coefficient (Wildman–Crippen LogP) is 2.93. The van der Waals surface area contributed by atoms with Crippen LogP contribution in [0.2, 0.25) is 0 Å². The van der Waals surface area contributed by atoms with E-state index in [1.165, 1.54) is 0 Å². The van der Waals surface area contributed by atoms with Gasteiger partial charge in [0.1, 0.15) is 23.1 Å². The second-order valence-corrected chi connectivity index (χ2v) is 4.43. The van der Waals surface area contributed by atoms with Crippen molar-refractivity contribution in [2.45, 2.75) is 6.92 Å². The summed E-state index contributed by atoms with van der Waals surface area (Å²) < 4.78 is 11.5. The molecule has 1 aromatic carbocycles. The lowest BCUT2D eigenvalue weighted by atomic mass is 10.3. The summed E-state index contributed by atoms with van der Waals surface area (Å²) >= 11 is 3.40. The lowest BCUT2D eigenvalue weighted by molar-refractivity contribution is 0.411. The molecule has 5 nitrogen and oxygen atoms in total. The Hall–Kier alpha value is -1.82. The molecular weight excluding hydrogens is 298 g/mol. The van der Waals surface area contributed by atoms with Gasteiger partial charge < -0.3 is 15.2 Å². The molecule has 0 aliphatic heterocycles. The van der Waals surface area contributed by atoms with Gasteiger partial charge in [-0.1, -0.05) is 0 Å². The molecule has 0 bridgehead atoms. The molecule has 0 amide bonds. The third-order valence-electron chi connectivity index (χ3n) is 2.19. The van der Waals surface area contributed by atoms with Gasteiger partial charge in [-0.2, -0.15) is 4.98 Å². The van der Waals surface area contributed by atoms with E-state index < -0.39 is 0 Å². The summed E-state index contributed by atoms with van der Waals surface area (Å²) in [5, 5.41) is 0. The maximum Gasteiger partial charge on any atom is 0.224 e. The molecule has 18 heavy (non-hydrogen) atoms. The first kappa shape index (κ1) is 12.6. The van der Waals surface area contributed by atoms with Crippen molar-refractivity contribution in [3.8, 4) is 17.4 Å². The first-order chi connectivity index (χ1) is 8.58. The van der Waals surface area contributed by atoms with E-state index in [0.29, 0.717) is 23.3 Å². The van der Waals surface area contributed by atoms with Crippen molar-refractivity contribution < 1.29 is 9.47 Å². The van der Waals surface area contributed by atoms with E-state index >= 15 is 0 Å². The van der Waals surface area contributed by atoms with Crippen LogP contribution >= 0.6 is 15.9 Å². The average Bonchev–Trinajstić information content (AvgIpc) is 2.30. The molecule has 0 radical (unpaired) electrons. The quantitative estimate of drug-likeness (QED) is 0.944. The molecule has 0 unspecified atom stereocenters. The van der Waals surface area contributed by atoms with Crippen LogP contribution in [0.4, 0.5) is 5.82 Å². The standard InChI is InChI=1S/C12H12BrN3O2/c1-7-15-11(14)6-12(16-7)18-10-4-3-8(17-2)5-9(10)13/h3-6H,1-2H3,(H2,14,15,16). The lowest BCUT2D eigenvalue weighted by Gasteiger charge is -2.09. The molecule has 0 spiro atoms. The Labute approximate surface area is 113 Å². The lowest BCUT2D eigenvalue weighted by Crippen LogP contribution is -1.98. The zero-order valence-corrected chi connectivity index (χ0v) is 11.6. The number of nitrogens with two attached hydrogens (primary N) is 1. The third-order valence-corrected chi connectivity index (χ3v) is 2.81. The van der Waals surface area contributed by atoms with Crippen molar-refractivity contribution in [2.75, 3.05) is 12.8 Å². The summed E-state index contributed by atoms with van der Waals surface area (Å²) in [6, 6.07) is 6.98. The van der Waals surface area contributed by atoms with Gasteiger partial charge in [-0.3, -0.25) is 0 Å². The van der Waals surface area contributed by atoms with Gasteiger partial charge in [0.2, 0.25) is 5.88 Å². The van der Waals surface area contributed by atoms with Crippen LogP contribution in [-0.4, -0.2) is 17.1 Å². The van der Waals surface area contributed by atoms with Crippen LogP contribution in [0.25, 0.3) is 0 Å². The molecular formula is C12H12BrN3O2. The van der Waals surface area contributed by atoms with E-state index in [9.17, 15) is 0 Å². The number of hydrogen-bond acceptors (Lipinski definition) is 5. The molecule has 94 valence electrons. The van der Waals surface area contributed by atoms with Crippen molar-refractivity contribution in [3.63, 3.8) is 0 Å². The monoisotopic (exact) mass is 309 g/mol. The van der Waals surface area contributed by atoms with Gasteiger partial charge in [-0.25, -0.2) is 4.98 Å². The molecule has 0 atom stereocenters. The number of ether oxygens (including phenoxy) is 2. The Kier molecular flexibility index (Phi) is 3.66. The molecule has 2 N–H and O–H groups in total. The fraction of sp³-hybridized carbons (Fsp3) is 0.167.